The highest BCUT2D eigenvalue weighted by molar-refractivity contribution is 9.10. The molecule has 116 valence electrons. The van der Waals surface area contributed by atoms with Crippen molar-refractivity contribution in [3.63, 3.8) is 0 Å². The molecule has 0 aliphatic heterocycles. The van der Waals surface area contributed by atoms with Gasteiger partial charge in [-0.15, -0.1) is 0 Å². The molecule has 2 heteroatoms. The van der Waals surface area contributed by atoms with E-state index in [9.17, 15) is 0 Å². The zero-order chi connectivity index (χ0) is 15.7. The van der Waals surface area contributed by atoms with Gasteiger partial charge >= 0.3 is 0 Å². The molecule has 0 fully saturated rings. The fraction of sp³-hybridized carbons (Fsp3) is 0.400. The molecule has 1 aliphatic rings. The molecule has 0 unspecified atom stereocenters. The molecule has 0 heterocycles. The van der Waals surface area contributed by atoms with Crippen molar-refractivity contribution < 1.29 is 4.74 Å². The Labute approximate surface area is 141 Å². The van der Waals surface area contributed by atoms with Gasteiger partial charge in [-0.25, -0.2) is 0 Å². The van der Waals surface area contributed by atoms with Crippen LogP contribution in [0.5, 0.6) is 5.75 Å². The van der Waals surface area contributed by atoms with Gasteiger partial charge in [0.05, 0.1) is 7.11 Å². The van der Waals surface area contributed by atoms with Crippen LogP contribution in [0.25, 0.3) is 11.1 Å². The summed E-state index contributed by atoms with van der Waals surface area (Å²) in [5.41, 5.74) is 5.83. The Bertz CT molecular complexity index is 684. The first-order valence-electron chi connectivity index (χ1n) is 8.15. The second-order valence-corrected chi connectivity index (χ2v) is 7.10. The number of hydrogen-bond donors (Lipinski definition) is 0. The van der Waals surface area contributed by atoms with E-state index in [4.69, 9.17) is 4.74 Å². The van der Waals surface area contributed by atoms with Crippen molar-refractivity contribution in [3.8, 4) is 16.9 Å². The van der Waals surface area contributed by atoms with E-state index in [-0.39, 0.29) is 5.41 Å². The maximum absolute atomic E-state index is 5.50. The van der Waals surface area contributed by atoms with Crippen molar-refractivity contribution in [1.82, 2.24) is 0 Å². The topological polar surface area (TPSA) is 9.23 Å². The minimum atomic E-state index is 0.131. The van der Waals surface area contributed by atoms with E-state index in [1.165, 1.54) is 52.4 Å². The highest BCUT2D eigenvalue weighted by Crippen LogP contribution is 2.54. The number of benzene rings is 2. The smallest absolute Gasteiger partial charge is 0.119 e. The molecule has 0 radical (unpaired) electrons. The zero-order valence-electron chi connectivity index (χ0n) is 13.6. The SMILES string of the molecule is CCCC1(CCC)c2cc(Br)ccc2-c2ccc(OC)cc21. The van der Waals surface area contributed by atoms with Gasteiger partial charge in [0.1, 0.15) is 5.75 Å². The van der Waals surface area contributed by atoms with Crippen LogP contribution in [0.4, 0.5) is 0 Å². The van der Waals surface area contributed by atoms with E-state index < -0.39 is 0 Å². The van der Waals surface area contributed by atoms with Crippen LogP contribution < -0.4 is 4.74 Å². The van der Waals surface area contributed by atoms with Gasteiger partial charge in [-0.2, -0.15) is 0 Å². The Morgan fingerprint density at radius 3 is 2.09 bits per heavy atom. The van der Waals surface area contributed by atoms with Crippen molar-refractivity contribution in [3.05, 3.63) is 52.0 Å². The third-order valence-corrected chi connectivity index (χ3v) is 5.38. The Kier molecular flexibility index (Phi) is 4.31. The molecule has 0 saturated carbocycles. The van der Waals surface area contributed by atoms with Gasteiger partial charge in [0.25, 0.3) is 0 Å². The molecular formula is C20H23BrO. The Balaban J connectivity index is 2.30. The van der Waals surface area contributed by atoms with Gasteiger partial charge in [0, 0.05) is 9.89 Å². The van der Waals surface area contributed by atoms with E-state index in [2.05, 4.69) is 66.2 Å². The van der Waals surface area contributed by atoms with Crippen LogP contribution in [0.3, 0.4) is 0 Å². The molecule has 0 N–H and O–H groups in total. The number of halogens is 1. The first-order chi connectivity index (χ1) is 10.7. The van der Waals surface area contributed by atoms with E-state index in [0.29, 0.717) is 0 Å². The standard InChI is InChI=1S/C20H23BrO/c1-4-10-20(11-5-2)18-12-14(21)6-8-16(18)17-9-7-15(22-3)13-19(17)20/h6-9,12-13H,4-5,10-11H2,1-3H3. The van der Waals surface area contributed by atoms with Crippen LogP contribution in [0.2, 0.25) is 0 Å². The predicted octanol–water partition coefficient (Wildman–Crippen LogP) is 6.32. The lowest BCUT2D eigenvalue weighted by Gasteiger charge is -2.32. The molecule has 0 saturated heterocycles. The lowest BCUT2D eigenvalue weighted by atomic mass is 9.71. The third kappa shape index (κ3) is 2.28. The zero-order valence-corrected chi connectivity index (χ0v) is 15.2. The lowest BCUT2D eigenvalue weighted by molar-refractivity contribution is 0.406. The molecule has 1 aliphatic carbocycles. The fourth-order valence-electron chi connectivity index (χ4n) is 4.09. The van der Waals surface area contributed by atoms with E-state index in [1.807, 2.05) is 0 Å². The number of fused-ring (bicyclic) bond motifs is 3. The van der Waals surface area contributed by atoms with Crippen LogP contribution in [0.1, 0.15) is 50.7 Å². The highest BCUT2D eigenvalue weighted by atomic mass is 79.9. The normalized spacial score (nSPS) is 14.5. The summed E-state index contributed by atoms with van der Waals surface area (Å²) in [6, 6.07) is 13.3. The van der Waals surface area contributed by atoms with E-state index in [0.717, 1.165) is 5.75 Å². The number of methoxy groups -OCH3 is 1. The molecule has 0 amide bonds. The first kappa shape index (κ1) is 15.6. The quantitative estimate of drug-likeness (QED) is 0.607. The van der Waals surface area contributed by atoms with Crippen LogP contribution in [-0.2, 0) is 5.41 Å². The maximum atomic E-state index is 5.50. The molecule has 0 bridgehead atoms. The monoisotopic (exact) mass is 358 g/mol. The van der Waals surface area contributed by atoms with Crippen molar-refractivity contribution in [2.45, 2.75) is 44.9 Å². The molecule has 3 rings (SSSR count). The van der Waals surface area contributed by atoms with Crippen LogP contribution in [0.15, 0.2) is 40.9 Å². The van der Waals surface area contributed by atoms with Crippen molar-refractivity contribution in [2.24, 2.45) is 0 Å². The molecule has 0 aromatic heterocycles. The van der Waals surface area contributed by atoms with Gasteiger partial charge in [-0.1, -0.05) is 54.8 Å². The van der Waals surface area contributed by atoms with E-state index in [1.54, 1.807) is 7.11 Å². The van der Waals surface area contributed by atoms with Gasteiger partial charge < -0.3 is 4.74 Å². The van der Waals surface area contributed by atoms with Gasteiger partial charge in [0.2, 0.25) is 0 Å². The van der Waals surface area contributed by atoms with Gasteiger partial charge in [0.15, 0.2) is 0 Å². The largest absolute Gasteiger partial charge is 0.497 e. The number of ether oxygens (including phenoxy) is 1. The lowest BCUT2D eigenvalue weighted by Crippen LogP contribution is -2.25. The molecule has 0 atom stereocenters. The van der Waals surface area contributed by atoms with Crippen molar-refractivity contribution in [2.75, 3.05) is 7.11 Å². The Morgan fingerprint density at radius 1 is 0.909 bits per heavy atom. The molecule has 0 spiro atoms. The molecule has 1 nitrogen and oxygen atoms in total. The highest BCUT2D eigenvalue weighted by Gasteiger charge is 2.42. The van der Waals surface area contributed by atoms with Gasteiger partial charge in [-0.05, 0) is 59.4 Å². The molecule has 2 aromatic rings. The molecule has 2 aromatic carbocycles. The minimum Gasteiger partial charge on any atom is -0.497 e. The van der Waals surface area contributed by atoms with Crippen LogP contribution in [-0.4, -0.2) is 7.11 Å². The number of hydrogen-bond acceptors (Lipinski definition) is 1. The van der Waals surface area contributed by atoms with Crippen LogP contribution >= 0.6 is 15.9 Å². The van der Waals surface area contributed by atoms with Crippen molar-refractivity contribution in [1.29, 1.82) is 0 Å². The maximum Gasteiger partial charge on any atom is 0.119 e. The summed E-state index contributed by atoms with van der Waals surface area (Å²) in [5, 5.41) is 0. The summed E-state index contributed by atoms with van der Waals surface area (Å²) in [7, 11) is 1.75. The summed E-state index contributed by atoms with van der Waals surface area (Å²) in [4.78, 5) is 0. The van der Waals surface area contributed by atoms with Gasteiger partial charge in [-0.3, -0.25) is 0 Å². The number of rotatable bonds is 5. The predicted molar refractivity (Wildman–Crippen MR) is 96.7 cm³/mol. The average Bonchev–Trinajstić information content (AvgIpc) is 2.78. The molecule has 22 heavy (non-hydrogen) atoms. The van der Waals surface area contributed by atoms with Crippen LogP contribution in [0, 0.1) is 0 Å². The summed E-state index contributed by atoms with van der Waals surface area (Å²) < 4.78 is 6.67. The Hall–Kier alpha value is -1.28. The van der Waals surface area contributed by atoms with Crippen molar-refractivity contribution >= 4 is 15.9 Å². The molecular weight excluding hydrogens is 336 g/mol. The second-order valence-electron chi connectivity index (χ2n) is 6.18. The Morgan fingerprint density at radius 2 is 1.50 bits per heavy atom. The summed E-state index contributed by atoms with van der Waals surface area (Å²) in [6.45, 7) is 4.57. The summed E-state index contributed by atoms with van der Waals surface area (Å²) in [6.07, 6.45) is 4.74. The third-order valence-electron chi connectivity index (χ3n) is 4.88. The average molecular weight is 359 g/mol. The fourth-order valence-corrected chi connectivity index (χ4v) is 4.45. The van der Waals surface area contributed by atoms with E-state index >= 15 is 0 Å². The first-order valence-corrected chi connectivity index (χ1v) is 8.94. The minimum absolute atomic E-state index is 0.131. The second kappa shape index (κ2) is 6.08. The summed E-state index contributed by atoms with van der Waals surface area (Å²) >= 11 is 3.67. The summed E-state index contributed by atoms with van der Waals surface area (Å²) in [5.74, 6) is 0.960.